The first kappa shape index (κ1) is 13.7. The second kappa shape index (κ2) is 8.79. The van der Waals surface area contributed by atoms with Gasteiger partial charge in [-0.3, -0.25) is 0 Å². The van der Waals surface area contributed by atoms with Crippen LogP contribution in [-0.4, -0.2) is 32.4 Å². The second-order valence-corrected chi connectivity index (χ2v) is 3.79. The SMILES string of the molecule is C=CCNCC(C)OCCOc1ccccc1. The maximum atomic E-state index is 5.59. The first-order valence-electron chi connectivity index (χ1n) is 5.94. The van der Waals surface area contributed by atoms with Gasteiger partial charge < -0.3 is 14.8 Å². The summed E-state index contributed by atoms with van der Waals surface area (Å²) in [6.07, 6.45) is 2.03. The van der Waals surface area contributed by atoms with E-state index >= 15 is 0 Å². The zero-order valence-corrected chi connectivity index (χ0v) is 10.4. The monoisotopic (exact) mass is 235 g/mol. The molecule has 3 nitrogen and oxygen atoms in total. The highest BCUT2D eigenvalue weighted by Crippen LogP contribution is 2.07. The molecule has 1 N–H and O–H groups in total. The molecule has 1 aromatic rings. The normalized spacial score (nSPS) is 12.1. The minimum atomic E-state index is 0.189. The first-order valence-corrected chi connectivity index (χ1v) is 5.94. The molecule has 0 saturated carbocycles. The number of hydrogen-bond acceptors (Lipinski definition) is 3. The summed E-state index contributed by atoms with van der Waals surface area (Å²) in [4.78, 5) is 0. The Morgan fingerprint density at radius 1 is 1.29 bits per heavy atom. The molecule has 0 bridgehead atoms. The minimum absolute atomic E-state index is 0.189. The topological polar surface area (TPSA) is 30.5 Å². The predicted octanol–water partition coefficient (Wildman–Crippen LogP) is 2.25. The lowest BCUT2D eigenvalue weighted by molar-refractivity contribution is 0.0453. The van der Waals surface area contributed by atoms with E-state index in [0.717, 1.165) is 18.8 Å². The quantitative estimate of drug-likeness (QED) is 0.526. The molecule has 0 radical (unpaired) electrons. The molecular formula is C14H21NO2. The molecule has 0 aliphatic rings. The van der Waals surface area contributed by atoms with E-state index in [1.54, 1.807) is 0 Å². The van der Waals surface area contributed by atoms with E-state index < -0.39 is 0 Å². The van der Waals surface area contributed by atoms with Gasteiger partial charge in [0.25, 0.3) is 0 Å². The number of para-hydroxylation sites is 1. The van der Waals surface area contributed by atoms with Crippen LogP contribution in [0.15, 0.2) is 43.0 Å². The smallest absolute Gasteiger partial charge is 0.119 e. The molecule has 0 fully saturated rings. The van der Waals surface area contributed by atoms with Gasteiger partial charge >= 0.3 is 0 Å². The maximum absolute atomic E-state index is 5.59. The van der Waals surface area contributed by atoms with Gasteiger partial charge in [-0.15, -0.1) is 6.58 Å². The van der Waals surface area contributed by atoms with E-state index in [-0.39, 0.29) is 6.10 Å². The molecule has 1 unspecified atom stereocenters. The van der Waals surface area contributed by atoms with Crippen molar-refractivity contribution >= 4 is 0 Å². The number of benzene rings is 1. The van der Waals surface area contributed by atoms with Crippen molar-refractivity contribution in [2.75, 3.05) is 26.3 Å². The Morgan fingerprint density at radius 2 is 2.06 bits per heavy atom. The summed E-state index contributed by atoms with van der Waals surface area (Å²) in [5, 5.41) is 3.21. The van der Waals surface area contributed by atoms with E-state index in [9.17, 15) is 0 Å². The third-order valence-electron chi connectivity index (χ3n) is 2.22. The molecule has 0 aliphatic heterocycles. The molecule has 94 valence electrons. The van der Waals surface area contributed by atoms with Crippen LogP contribution in [0.5, 0.6) is 5.75 Å². The minimum Gasteiger partial charge on any atom is -0.491 e. The van der Waals surface area contributed by atoms with Gasteiger partial charge in [-0.1, -0.05) is 24.3 Å². The largest absolute Gasteiger partial charge is 0.491 e. The van der Waals surface area contributed by atoms with E-state index in [4.69, 9.17) is 9.47 Å². The fourth-order valence-corrected chi connectivity index (χ4v) is 1.37. The first-order chi connectivity index (χ1) is 8.33. The summed E-state index contributed by atoms with van der Waals surface area (Å²) in [5.74, 6) is 0.883. The Bertz CT molecular complexity index is 300. The fourth-order valence-electron chi connectivity index (χ4n) is 1.37. The van der Waals surface area contributed by atoms with Gasteiger partial charge in [0, 0.05) is 13.1 Å². The van der Waals surface area contributed by atoms with Crippen molar-refractivity contribution < 1.29 is 9.47 Å². The summed E-state index contributed by atoms with van der Waals surface area (Å²) in [6.45, 7) is 8.51. The van der Waals surface area contributed by atoms with Crippen LogP contribution in [0.2, 0.25) is 0 Å². The van der Waals surface area contributed by atoms with Crippen LogP contribution in [0, 0.1) is 0 Å². The Hall–Kier alpha value is -1.32. The van der Waals surface area contributed by atoms with Crippen molar-refractivity contribution in [3.8, 4) is 5.75 Å². The summed E-state index contributed by atoms with van der Waals surface area (Å²) in [7, 11) is 0. The molecule has 1 atom stereocenters. The molecule has 1 rings (SSSR count). The van der Waals surface area contributed by atoms with Crippen LogP contribution in [0.4, 0.5) is 0 Å². The van der Waals surface area contributed by atoms with E-state index in [1.165, 1.54) is 0 Å². The van der Waals surface area contributed by atoms with Gasteiger partial charge in [0.15, 0.2) is 0 Å². The highest BCUT2D eigenvalue weighted by Gasteiger charge is 2.00. The number of nitrogens with one attached hydrogen (secondary N) is 1. The summed E-state index contributed by atoms with van der Waals surface area (Å²) >= 11 is 0. The Labute approximate surface area is 103 Å². The average molecular weight is 235 g/mol. The van der Waals surface area contributed by atoms with E-state index in [0.29, 0.717) is 13.2 Å². The molecule has 0 amide bonds. The molecular weight excluding hydrogens is 214 g/mol. The average Bonchev–Trinajstić information content (AvgIpc) is 2.36. The molecule has 1 aromatic carbocycles. The van der Waals surface area contributed by atoms with Gasteiger partial charge in [0.1, 0.15) is 12.4 Å². The zero-order chi connectivity index (χ0) is 12.3. The van der Waals surface area contributed by atoms with Gasteiger partial charge in [0.2, 0.25) is 0 Å². The molecule has 0 saturated heterocycles. The fraction of sp³-hybridized carbons (Fsp3) is 0.429. The second-order valence-electron chi connectivity index (χ2n) is 3.79. The van der Waals surface area contributed by atoms with Crippen LogP contribution in [-0.2, 0) is 4.74 Å². The van der Waals surface area contributed by atoms with Gasteiger partial charge in [0.05, 0.1) is 12.7 Å². The lowest BCUT2D eigenvalue weighted by Gasteiger charge is -2.13. The van der Waals surface area contributed by atoms with Crippen molar-refractivity contribution in [3.05, 3.63) is 43.0 Å². The molecule has 3 heteroatoms. The lowest BCUT2D eigenvalue weighted by Crippen LogP contribution is -2.28. The number of rotatable bonds is 9. The predicted molar refractivity (Wildman–Crippen MR) is 70.4 cm³/mol. The molecule has 17 heavy (non-hydrogen) atoms. The van der Waals surface area contributed by atoms with Crippen LogP contribution in [0.3, 0.4) is 0 Å². The Kier molecular flexibility index (Phi) is 7.11. The summed E-state index contributed by atoms with van der Waals surface area (Å²) < 4.78 is 11.1. The van der Waals surface area contributed by atoms with Crippen LogP contribution >= 0.6 is 0 Å². The van der Waals surface area contributed by atoms with Gasteiger partial charge in [-0.25, -0.2) is 0 Å². The maximum Gasteiger partial charge on any atom is 0.119 e. The number of ether oxygens (including phenoxy) is 2. The van der Waals surface area contributed by atoms with Crippen molar-refractivity contribution in [3.63, 3.8) is 0 Å². The van der Waals surface area contributed by atoms with Crippen molar-refractivity contribution in [1.29, 1.82) is 0 Å². The van der Waals surface area contributed by atoms with E-state index in [2.05, 4.69) is 11.9 Å². The summed E-state index contributed by atoms with van der Waals surface area (Å²) in [6, 6.07) is 9.76. The van der Waals surface area contributed by atoms with Gasteiger partial charge in [-0.2, -0.15) is 0 Å². The highest BCUT2D eigenvalue weighted by molar-refractivity contribution is 5.20. The molecule has 0 aromatic heterocycles. The van der Waals surface area contributed by atoms with Crippen LogP contribution in [0.1, 0.15) is 6.92 Å². The summed E-state index contributed by atoms with van der Waals surface area (Å²) in [5.41, 5.74) is 0. The van der Waals surface area contributed by atoms with Crippen molar-refractivity contribution in [1.82, 2.24) is 5.32 Å². The highest BCUT2D eigenvalue weighted by atomic mass is 16.5. The third-order valence-corrected chi connectivity index (χ3v) is 2.22. The molecule has 0 heterocycles. The van der Waals surface area contributed by atoms with Crippen LogP contribution < -0.4 is 10.1 Å². The zero-order valence-electron chi connectivity index (χ0n) is 10.4. The van der Waals surface area contributed by atoms with Crippen molar-refractivity contribution in [2.45, 2.75) is 13.0 Å². The molecule has 0 spiro atoms. The van der Waals surface area contributed by atoms with Crippen LogP contribution in [0.25, 0.3) is 0 Å². The third kappa shape index (κ3) is 6.76. The molecule has 0 aliphatic carbocycles. The number of hydrogen-bond donors (Lipinski definition) is 1. The van der Waals surface area contributed by atoms with Crippen molar-refractivity contribution in [2.24, 2.45) is 0 Å². The standard InChI is InChI=1S/C14H21NO2/c1-3-9-15-12-13(2)16-10-11-17-14-7-5-4-6-8-14/h3-8,13,15H,1,9-12H2,2H3. The van der Waals surface area contributed by atoms with Gasteiger partial charge in [-0.05, 0) is 19.1 Å². The van der Waals surface area contributed by atoms with E-state index in [1.807, 2.05) is 43.3 Å². The lowest BCUT2D eigenvalue weighted by atomic mass is 10.3. The Balaban J connectivity index is 2.02. The Morgan fingerprint density at radius 3 is 2.76 bits per heavy atom.